The van der Waals surface area contributed by atoms with Gasteiger partial charge in [-0.05, 0) is 55.0 Å². The van der Waals surface area contributed by atoms with E-state index in [0.717, 1.165) is 28.7 Å². The lowest BCUT2D eigenvalue weighted by Gasteiger charge is -2.33. The first-order valence-electron chi connectivity index (χ1n) is 12.3. The molecule has 1 N–H and O–H groups in total. The van der Waals surface area contributed by atoms with Gasteiger partial charge in [0.2, 0.25) is 11.8 Å². The topological polar surface area (TPSA) is 49.4 Å². The third kappa shape index (κ3) is 7.69. The molecule has 0 fully saturated rings. The number of hydrogen-bond acceptors (Lipinski definition) is 2. The third-order valence-electron chi connectivity index (χ3n) is 6.44. The van der Waals surface area contributed by atoms with Crippen molar-refractivity contribution >= 4 is 23.4 Å². The molecule has 0 bridgehead atoms. The highest BCUT2D eigenvalue weighted by Crippen LogP contribution is 2.21. The maximum atomic E-state index is 13.7. The Hall–Kier alpha value is -3.11. The molecule has 3 aromatic rings. The molecule has 0 saturated heterocycles. The molecule has 35 heavy (non-hydrogen) atoms. The van der Waals surface area contributed by atoms with Crippen LogP contribution in [0.5, 0.6) is 0 Å². The molecule has 0 heterocycles. The lowest BCUT2D eigenvalue weighted by molar-refractivity contribution is -0.141. The molecule has 0 aliphatic heterocycles. The highest BCUT2D eigenvalue weighted by Gasteiger charge is 2.31. The summed E-state index contributed by atoms with van der Waals surface area (Å²) >= 11 is 6.34. The van der Waals surface area contributed by atoms with Crippen LogP contribution in [0.4, 0.5) is 0 Å². The Balaban J connectivity index is 1.93. The predicted molar refractivity (Wildman–Crippen MR) is 143 cm³/mol. The van der Waals surface area contributed by atoms with E-state index in [2.05, 4.69) is 5.32 Å². The fraction of sp³-hybridized carbons (Fsp3) is 0.333. The second-order valence-electron chi connectivity index (χ2n) is 9.06. The standard InChI is InChI=1S/C30H35ClN2O2/c1-4-23(3)32-30(35)28(20-24-13-6-5-7-14-24)33(21-26-16-9-8-12-22(26)2)29(34)19-18-25-15-10-11-17-27(25)31/h5-17,23,28H,4,18-21H2,1-3H3,(H,32,35)/t23-,28-/m1/s1. The van der Waals surface area contributed by atoms with Gasteiger partial charge in [0, 0.05) is 30.5 Å². The number of benzene rings is 3. The lowest BCUT2D eigenvalue weighted by Crippen LogP contribution is -2.52. The monoisotopic (exact) mass is 490 g/mol. The molecule has 184 valence electrons. The number of aryl methyl sites for hydroxylation is 2. The molecule has 2 atom stereocenters. The zero-order valence-electron chi connectivity index (χ0n) is 20.8. The van der Waals surface area contributed by atoms with Crippen LogP contribution in [0.25, 0.3) is 0 Å². The van der Waals surface area contributed by atoms with E-state index < -0.39 is 6.04 Å². The van der Waals surface area contributed by atoms with Crippen molar-refractivity contribution in [3.63, 3.8) is 0 Å². The molecule has 3 aromatic carbocycles. The Labute approximate surface area is 214 Å². The summed E-state index contributed by atoms with van der Waals surface area (Å²) in [7, 11) is 0. The summed E-state index contributed by atoms with van der Waals surface area (Å²) in [6.07, 6.45) is 2.07. The van der Waals surface area contributed by atoms with Gasteiger partial charge in [0.1, 0.15) is 6.04 Å². The van der Waals surface area contributed by atoms with Crippen molar-refractivity contribution in [1.82, 2.24) is 10.2 Å². The molecule has 0 aromatic heterocycles. The molecule has 0 aliphatic carbocycles. The summed E-state index contributed by atoms with van der Waals surface area (Å²) in [4.78, 5) is 29.0. The van der Waals surface area contributed by atoms with Crippen molar-refractivity contribution < 1.29 is 9.59 Å². The van der Waals surface area contributed by atoms with Crippen LogP contribution >= 0.6 is 11.6 Å². The normalized spacial score (nSPS) is 12.6. The van der Waals surface area contributed by atoms with Gasteiger partial charge in [0.05, 0.1) is 0 Å². The summed E-state index contributed by atoms with van der Waals surface area (Å²) in [5.41, 5.74) is 4.08. The zero-order chi connectivity index (χ0) is 25.2. The molecule has 0 aliphatic rings. The Kier molecular flexibility index (Phi) is 9.92. The highest BCUT2D eigenvalue weighted by atomic mass is 35.5. The van der Waals surface area contributed by atoms with Crippen molar-refractivity contribution in [3.05, 3.63) is 106 Å². The van der Waals surface area contributed by atoms with Gasteiger partial charge in [-0.3, -0.25) is 9.59 Å². The van der Waals surface area contributed by atoms with Gasteiger partial charge in [0.25, 0.3) is 0 Å². The predicted octanol–water partition coefficient (Wildman–Crippen LogP) is 6.14. The van der Waals surface area contributed by atoms with E-state index in [1.165, 1.54) is 0 Å². The lowest BCUT2D eigenvalue weighted by atomic mass is 10.00. The van der Waals surface area contributed by atoms with Gasteiger partial charge in [0.15, 0.2) is 0 Å². The molecular weight excluding hydrogens is 456 g/mol. The minimum absolute atomic E-state index is 0.0271. The van der Waals surface area contributed by atoms with Crippen LogP contribution in [0, 0.1) is 6.92 Å². The van der Waals surface area contributed by atoms with Crippen molar-refractivity contribution in [2.24, 2.45) is 0 Å². The van der Waals surface area contributed by atoms with E-state index in [-0.39, 0.29) is 24.3 Å². The molecule has 0 saturated carbocycles. The molecule has 0 radical (unpaired) electrons. The van der Waals surface area contributed by atoms with E-state index in [1.54, 1.807) is 4.90 Å². The molecule has 5 heteroatoms. The highest BCUT2D eigenvalue weighted by molar-refractivity contribution is 6.31. The number of nitrogens with zero attached hydrogens (tertiary/aromatic N) is 1. The van der Waals surface area contributed by atoms with Crippen molar-refractivity contribution in [3.8, 4) is 0 Å². The van der Waals surface area contributed by atoms with Gasteiger partial charge >= 0.3 is 0 Å². The Bertz CT molecular complexity index is 1120. The summed E-state index contributed by atoms with van der Waals surface area (Å²) in [6, 6.07) is 24.9. The van der Waals surface area contributed by atoms with E-state index in [4.69, 9.17) is 11.6 Å². The van der Waals surface area contributed by atoms with E-state index in [0.29, 0.717) is 24.4 Å². The first kappa shape index (κ1) is 26.5. The number of hydrogen-bond donors (Lipinski definition) is 1. The smallest absolute Gasteiger partial charge is 0.243 e. The summed E-state index contributed by atoms with van der Waals surface area (Å²) in [5.74, 6) is -0.184. The largest absolute Gasteiger partial charge is 0.352 e. The average Bonchev–Trinajstić information content (AvgIpc) is 2.87. The minimum Gasteiger partial charge on any atom is -0.352 e. The Morgan fingerprint density at radius 2 is 1.54 bits per heavy atom. The molecular formula is C30H35ClN2O2. The van der Waals surface area contributed by atoms with E-state index in [1.807, 2.05) is 99.6 Å². The molecule has 0 spiro atoms. The van der Waals surface area contributed by atoms with Gasteiger partial charge in [-0.1, -0.05) is 91.3 Å². The molecule has 0 unspecified atom stereocenters. The van der Waals surface area contributed by atoms with Gasteiger partial charge < -0.3 is 10.2 Å². The molecule has 4 nitrogen and oxygen atoms in total. The first-order chi connectivity index (χ1) is 16.9. The average molecular weight is 491 g/mol. The van der Waals surface area contributed by atoms with Crippen LogP contribution in [-0.2, 0) is 29.0 Å². The molecule has 3 rings (SSSR count). The number of nitrogens with one attached hydrogen (secondary N) is 1. The summed E-state index contributed by atoms with van der Waals surface area (Å²) in [5, 5.41) is 3.77. The minimum atomic E-state index is -0.621. The number of halogens is 1. The second-order valence-corrected chi connectivity index (χ2v) is 9.47. The number of carbonyl (C=O) groups excluding carboxylic acids is 2. The number of carbonyl (C=O) groups is 2. The van der Waals surface area contributed by atoms with Gasteiger partial charge in [-0.15, -0.1) is 0 Å². The quantitative estimate of drug-likeness (QED) is 0.351. The maximum Gasteiger partial charge on any atom is 0.243 e. The molecule has 2 amide bonds. The maximum absolute atomic E-state index is 13.7. The Morgan fingerprint density at radius 3 is 2.20 bits per heavy atom. The Morgan fingerprint density at radius 1 is 0.914 bits per heavy atom. The van der Waals surface area contributed by atoms with Crippen LogP contribution in [-0.4, -0.2) is 28.8 Å². The SMILES string of the molecule is CC[C@@H](C)NC(=O)[C@@H](Cc1ccccc1)N(Cc1ccccc1C)C(=O)CCc1ccccc1Cl. The summed E-state index contributed by atoms with van der Waals surface area (Å²) in [6.45, 7) is 6.44. The van der Waals surface area contributed by atoms with Crippen LogP contribution < -0.4 is 5.32 Å². The second kappa shape index (κ2) is 13.1. The van der Waals surface area contributed by atoms with E-state index in [9.17, 15) is 9.59 Å². The fourth-order valence-corrected chi connectivity index (χ4v) is 4.28. The van der Waals surface area contributed by atoms with Crippen molar-refractivity contribution in [1.29, 1.82) is 0 Å². The summed E-state index contributed by atoms with van der Waals surface area (Å²) < 4.78 is 0. The van der Waals surface area contributed by atoms with Crippen LogP contribution in [0.1, 0.15) is 48.9 Å². The zero-order valence-corrected chi connectivity index (χ0v) is 21.6. The van der Waals surface area contributed by atoms with Gasteiger partial charge in [-0.2, -0.15) is 0 Å². The number of rotatable bonds is 11. The first-order valence-corrected chi connectivity index (χ1v) is 12.7. The van der Waals surface area contributed by atoms with E-state index >= 15 is 0 Å². The van der Waals surface area contributed by atoms with Crippen molar-refractivity contribution in [2.45, 2.75) is 65.1 Å². The number of amides is 2. The van der Waals surface area contributed by atoms with Crippen LogP contribution in [0.3, 0.4) is 0 Å². The van der Waals surface area contributed by atoms with Gasteiger partial charge in [-0.25, -0.2) is 0 Å². The van der Waals surface area contributed by atoms with Crippen LogP contribution in [0.15, 0.2) is 78.9 Å². The fourth-order valence-electron chi connectivity index (χ4n) is 4.05. The third-order valence-corrected chi connectivity index (χ3v) is 6.81. The van der Waals surface area contributed by atoms with Crippen molar-refractivity contribution in [2.75, 3.05) is 0 Å². The van der Waals surface area contributed by atoms with Crippen LogP contribution in [0.2, 0.25) is 5.02 Å².